The van der Waals surface area contributed by atoms with Gasteiger partial charge >= 0.3 is 0 Å². The molecule has 1 heterocycles. The number of nitrogen functional groups attached to an aromatic ring is 1. The van der Waals surface area contributed by atoms with Gasteiger partial charge in [-0.15, -0.1) is 0 Å². The van der Waals surface area contributed by atoms with E-state index in [4.69, 9.17) is 11.1 Å². The van der Waals surface area contributed by atoms with Crippen LogP contribution in [0.5, 0.6) is 0 Å². The largest absolute Gasteiger partial charge is 0.394 e. The number of carbonyl (C=O) groups excluding carboxylic acids is 2. The molecule has 0 aromatic heterocycles. The first-order valence-electron chi connectivity index (χ1n) is 11.0. The molecule has 1 aliphatic heterocycles. The molecule has 3 rings (SSSR count). The number of nitrogens with one attached hydrogen (secondary N) is 3. The fourth-order valence-electron chi connectivity index (χ4n) is 3.61. The van der Waals surface area contributed by atoms with Crippen LogP contribution in [0.2, 0.25) is 0 Å². The zero-order valence-electron chi connectivity index (χ0n) is 19.1. The van der Waals surface area contributed by atoms with Gasteiger partial charge in [0.05, 0.1) is 12.4 Å². The highest BCUT2D eigenvalue weighted by Crippen LogP contribution is 2.13. The second-order valence-electron chi connectivity index (χ2n) is 8.10. The van der Waals surface area contributed by atoms with E-state index in [0.717, 1.165) is 11.1 Å². The van der Waals surface area contributed by atoms with E-state index in [1.54, 1.807) is 48.6 Å². The van der Waals surface area contributed by atoms with Crippen molar-refractivity contribution in [3.63, 3.8) is 0 Å². The number of amidine groups is 1. The van der Waals surface area contributed by atoms with Crippen LogP contribution in [0, 0.1) is 5.41 Å². The van der Waals surface area contributed by atoms with Gasteiger partial charge in [-0.1, -0.05) is 66.7 Å². The van der Waals surface area contributed by atoms with Gasteiger partial charge in [0.1, 0.15) is 17.9 Å². The summed E-state index contributed by atoms with van der Waals surface area (Å²) in [6.07, 6.45) is 3.46. The molecular formula is C24H29N5O5S. The summed E-state index contributed by atoms with van der Waals surface area (Å²) in [5.74, 6) is -1.43. The first kappa shape index (κ1) is 26.1. The Bertz CT molecular complexity index is 1180. The number of hydrogen-bond donors (Lipinski definition) is 5. The van der Waals surface area contributed by atoms with Crippen LogP contribution in [0.15, 0.2) is 66.7 Å². The highest BCUT2D eigenvalue weighted by Gasteiger charge is 2.35. The first-order chi connectivity index (χ1) is 16.7. The lowest BCUT2D eigenvalue weighted by atomic mass is 10.1. The smallest absolute Gasteiger partial charge is 0.247 e. The standard InChI is InChI=1S/C24H29N5O5S/c25-22(26)19-10-8-18(9-11-19)15-27-23(31)21-7-4-13-29(21)24(32)20(16-30)28-35(33,34)14-12-17-5-2-1-3-6-17/h1-11,20-21,28,30H,12-16H2,(H3,25,26)(H,27,31)/t20-,21?/m1/s1. The first-order valence-corrected chi connectivity index (χ1v) is 12.7. The lowest BCUT2D eigenvalue weighted by molar-refractivity contribution is -0.139. The van der Waals surface area contributed by atoms with Crippen LogP contribution >= 0.6 is 0 Å². The number of aryl methyl sites for hydroxylation is 1. The van der Waals surface area contributed by atoms with Crippen molar-refractivity contribution in [1.82, 2.24) is 14.9 Å². The predicted molar refractivity (Wildman–Crippen MR) is 132 cm³/mol. The van der Waals surface area contributed by atoms with Gasteiger partial charge in [-0.25, -0.2) is 13.1 Å². The number of aliphatic hydroxyl groups is 1. The molecule has 0 bridgehead atoms. The maximum Gasteiger partial charge on any atom is 0.247 e. The summed E-state index contributed by atoms with van der Waals surface area (Å²) in [6, 6.07) is 13.5. The van der Waals surface area contributed by atoms with Gasteiger partial charge in [0.15, 0.2) is 0 Å². The van der Waals surface area contributed by atoms with Gasteiger partial charge in [-0.2, -0.15) is 0 Å². The minimum Gasteiger partial charge on any atom is -0.394 e. The van der Waals surface area contributed by atoms with Crippen molar-refractivity contribution >= 4 is 27.7 Å². The molecule has 186 valence electrons. The molecule has 6 N–H and O–H groups in total. The molecule has 2 aromatic carbocycles. The Hall–Kier alpha value is -3.54. The molecule has 0 spiro atoms. The van der Waals surface area contributed by atoms with Crippen molar-refractivity contribution in [2.75, 3.05) is 18.9 Å². The van der Waals surface area contributed by atoms with Gasteiger partial charge in [-0.05, 0) is 17.5 Å². The highest BCUT2D eigenvalue weighted by atomic mass is 32.2. The third-order valence-corrected chi connectivity index (χ3v) is 6.93. The van der Waals surface area contributed by atoms with Crippen molar-refractivity contribution in [2.45, 2.75) is 25.0 Å². The number of hydrogen-bond acceptors (Lipinski definition) is 6. The Morgan fingerprint density at radius 2 is 1.80 bits per heavy atom. The predicted octanol–water partition coefficient (Wildman–Crippen LogP) is -0.123. The zero-order chi connectivity index (χ0) is 25.4. The Balaban J connectivity index is 1.58. The topological polar surface area (TPSA) is 166 Å². The third-order valence-electron chi connectivity index (χ3n) is 5.54. The van der Waals surface area contributed by atoms with Crippen LogP contribution in [0.3, 0.4) is 0 Å². The number of nitrogens with zero attached hydrogens (tertiary/aromatic N) is 1. The van der Waals surface area contributed by atoms with Crippen molar-refractivity contribution in [2.24, 2.45) is 5.73 Å². The van der Waals surface area contributed by atoms with Gasteiger partial charge in [0, 0.05) is 18.7 Å². The molecule has 1 unspecified atom stereocenters. The number of rotatable bonds is 11. The van der Waals surface area contributed by atoms with E-state index in [1.165, 1.54) is 4.90 Å². The van der Waals surface area contributed by atoms with Crippen LogP contribution < -0.4 is 15.8 Å². The Labute approximate surface area is 204 Å². The van der Waals surface area contributed by atoms with Gasteiger partial charge in [-0.3, -0.25) is 15.0 Å². The molecule has 35 heavy (non-hydrogen) atoms. The molecule has 2 amide bonds. The second kappa shape index (κ2) is 11.7. The van der Waals surface area contributed by atoms with E-state index in [1.807, 2.05) is 18.2 Å². The molecule has 10 nitrogen and oxygen atoms in total. The molecule has 0 saturated heterocycles. The third kappa shape index (κ3) is 7.22. The molecule has 2 aromatic rings. The number of aliphatic hydroxyl groups excluding tert-OH is 1. The summed E-state index contributed by atoms with van der Waals surface area (Å²) in [7, 11) is -3.86. The maximum atomic E-state index is 13.0. The molecule has 11 heteroatoms. The summed E-state index contributed by atoms with van der Waals surface area (Å²) in [6.45, 7) is -0.428. The number of benzene rings is 2. The lowest BCUT2D eigenvalue weighted by Gasteiger charge is -2.27. The molecular weight excluding hydrogens is 470 g/mol. The molecule has 2 atom stereocenters. The SMILES string of the molecule is N=C(N)c1ccc(CNC(=O)C2C=CCN2C(=O)[C@@H](CO)NS(=O)(=O)CCc2ccccc2)cc1. The Morgan fingerprint density at radius 3 is 2.43 bits per heavy atom. The van der Waals surface area contributed by atoms with Crippen molar-refractivity contribution < 1.29 is 23.1 Å². The van der Waals surface area contributed by atoms with Crippen LogP contribution in [-0.4, -0.2) is 67.1 Å². The minimum absolute atomic E-state index is 0.0556. The Kier molecular flexibility index (Phi) is 8.74. The lowest BCUT2D eigenvalue weighted by Crippen LogP contribution is -2.55. The van der Waals surface area contributed by atoms with Crippen LogP contribution in [0.4, 0.5) is 0 Å². The summed E-state index contributed by atoms with van der Waals surface area (Å²) in [5.41, 5.74) is 7.62. The van der Waals surface area contributed by atoms with E-state index in [2.05, 4.69) is 10.0 Å². The van der Waals surface area contributed by atoms with Crippen LogP contribution in [-0.2, 0) is 32.6 Å². The summed E-state index contributed by atoms with van der Waals surface area (Å²) in [5, 5.41) is 19.9. The van der Waals surface area contributed by atoms with Gasteiger partial charge in [0.25, 0.3) is 0 Å². The Morgan fingerprint density at radius 1 is 1.11 bits per heavy atom. The minimum atomic E-state index is -3.86. The number of carbonyl (C=O) groups is 2. The van der Waals surface area contributed by atoms with E-state index >= 15 is 0 Å². The van der Waals surface area contributed by atoms with E-state index < -0.39 is 40.5 Å². The quantitative estimate of drug-likeness (QED) is 0.164. The van der Waals surface area contributed by atoms with Gasteiger partial charge in [0.2, 0.25) is 21.8 Å². The number of amides is 2. The monoisotopic (exact) mass is 499 g/mol. The fraction of sp³-hybridized carbons (Fsp3) is 0.292. The zero-order valence-corrected chi connectivity index (χ0v) is 19.9. The average Bonchev–Trinajstić information content (AvgIpc) is 3.35. The normalized spacial score (nSPS) is 16.1. The molecule has 0 saturated carbocycles. The summed E-state index contributed by atoms with van der Waals surface area (Å²) >= 11 is 0. The van der Waals surface area contributed by atoms with Crippen molar-refractivity contribution in [1.29, 1.82) is 5.41 Å². The highest BCUT2D eigenvalue weighted by molar-refractivity contribution is 7.89. The molecule has 0 fully saturated rings. The van der Waals surface area contributed by atoms with Crippen LogP contribution in [0.1, 0.15) is 16.7 Å². The van der Waals surface area contributed by atoms with E-state index in [9.17, 15) is 23.1 Å². The average molecular weight is 500 g/mol. The maximum absolute atomic E-state index is 13.0. The number of sulfonamides is 1. The molecule has 0 radical (unpaired) electrons. The van der Waals surface area contributed by atoms with Gasteiger partial charge < -0.3 is 21.1 Å². The number of nitrogens with two attached hydrogens (primary N) is 1. The van der Waals surface area contributed by atoms with Crippen LogP contribution in [0.25, 0.3) is 0 Å². The van der Waals surface area contributed by atoms with E-state index in [0.29, 0.717) is 5.56 Å². The van der Waals surface area contributed by atoms with Crippen molar-refractivity contribution in [3.05, 3.63) is 83.4 Å². The van der Waals surface area contributed by atoms with Crippen molar-refractivity contribution in [3.8, 4) is 0 Å². The fourth-order valence-corrected chi connectivity index (χ4v) is 4.84. The second-order valence-corrected chi connectivity index (χ2v) is 9.97. The summed E-state index contributed by atoms with van der Waals surface area (Å²) in [4.78, 5) is 27.0. The molecule has 0 aliphatic carbocycles. The summed E-state index contributed by atoms with van der Waals surface area (Å²) < 4.78 is 27.3. The van der Waals surface area contributed by atoms with E-state index in [-0.39, 0.29) is 31.1 Å². The molecule has 1 aliphatic rings.